The van der Waals surface area contributed by atoms with E-state index in [1.807, 2.05) is 20.8 Å². The molecule has 0 aromatic carbocycles. The van der Waals surface area contributed by atoms with Gasteiger partial charge in [0.05, 0.1) is 17.8 Å². The van der Waals surface area contributed by atoms with Crippen LogP contribution in [0.15, 0.2) is 4.42 Å². The fourth-order valence-electron chi connectivity index (χ4n) is 4.23. The zero-order valence-corrected chi connectivity index (χ0v) is 13.6. The molecule has 0 radical (unpaired) electrons. The number of nitrogens with zero attached hydrogens (tertiary/aromatic N) is 2. The molecule has 0 unspecified atom stereocenters. The van der Waals surface area contributed by atoms with Crippen molar-refractivity contribution in [3.05, 3.63) is 17.3 Å². The third-order valence-electron chi connectivity index (χ3n) is 5.54. The van der Waals surface area contributed by atoms with Gasteiger partial charge in [0.25, 0.3) is 0 Å². The Bertz CT molecular complexity index is 475. The first-order valence-electron chi connectivity index (χ1n) is 8.37. The summed E-state index contributed by atoms with van der Waals surface area (Å²) in [4.78, 5) is 7.00. The summed E-state index contributed by atoms with van der Waals surface area (Å²) >= 11 is 0. The summed E-state index contributed by atoms with van der Waals surface area (Å²) in [6.45, 7) is 7.88. The molecule has 3 rings (SSSR count). The van der Waals surface area contributed by atoms with Crippen molar-refractivity contribution in [2.24, 2.45) is 5.92 Å². The minimum atomic E-state index is -0.506. The number of aromatic nitrogens is 1. The maximum absolute atomic E-state index is 10.8. The molecule has 2 heterocycles. The van der Waals surface area contributed by atoms with Crippen LogP contribution in [0.2, 0.25) is 0 Å². The minimum Gasteiger partial charge on any atom is -0.444 e. The van der Waals surface area contributed by atoms with Gasteiger partial charge in [0.2, 0.25) is 5.89 Å². The van der Waals surface area contributed by atoms with Crippen molar-refractivity contribution in [2.75, 3.05) is 6.54 Å². The lowest BCUT2D eigenvalue weighted by Gasteiger charge is -2.43. The van der Waals surface area contributed by atoms with Crippen molar-refractivity contribution >= 4 is 0 Å². The molecule has 2 fully saturated rings. The van der Waals surface area contributed by atoms with Crippen LogP contribution in [0.4, 0.5) is 0 Å². The zero-order valence-electron chi connectivity index (χ0n) is 13.6. The van der Waals surface area contributed by atoms with Gasteiger partial charge in [-0.05, 0) is 53.0 Å². The second kappa shape index (κ2) is 5.73. The van der Waals surface area contributed by atoms with E-state index < -0.39 is 5.60 Å². The molecule has 0 bridgehead atoms. The Morgan fingerprint density at radius 2 is 2.10 bits per heavy atom. The molecule has 1 saturated carbocycles. The van der Waals surface area contributed by atoms with Crippen LogP contribution < -0.4 is 0 Å². The lowest BCUT2D eigenvalue weighted by atomic mass is 9.72. The summed E-state index contributed by atoms with van der Waals surface area (Å²) in [7, 11) is 0. The molecule has 1 aromatic heterocycles. The predicted molar refractivity (Wildman–Crippen MR) is 82.0 cm³/mol. The zero-order chi connectivity index (χ0) is 15.0. The molecule has 3 atom stereocenters. The van der Waals surface area contributed by atoms with Crippen molar-refractivity contribution in [1.29, 1.82) is 0 Å². The minimum absolute atomic E-state index is 0.394. The van der Waals surface area contributed by atoms with Gasteiger partial charge < -0.3 is 9.52 Å². The van der Waals surface area contributed by atoms with Gasteiger partial charge in [-0.3, -0.25) is 4.90 Å². The Labute approximate surface area is 127 Å². The molecule has 1 aromatic rings. The third-order valence-corrected chi connectivity index (χ3v) is 5.54. The topological polar surface area (TPSA) is 49.5 Å². The Morgan fingerprint density at radius 3 is 2.76 bits per heavy atom. The third kappa shape index (κ3) is 3.02. The van der Waals surface area contributed by atoms with Crippen molar-refractivity contribution in [2.45, 2.75) is 77.5 Å². The van der Waals surface area contributed by atoms with E-state index in [-0.39, 0.29) is 0 Å². The van der Waals surface area contributed by atoms with Gasteiger partial charge in [0.15, 0.2) is 0 Å². The first kappa shape index (κ1) is 15.0. The predicted octanol–water partition coefficient (Wildman–Crippen LogP) is 3.20. The molecule has 4 nitrogen and oxygen atoms in total. The van der Waals surface area contributed by atoms with Crippen LogP contribution in [0.3, 0.4) is 0 Å². The molecular weight excluding hydrogens is 264 g/mol. The summed E-state index contributed by atoms with van der Waals surface area (Å²) < 4.78 is 5.75. The second-order valence-electron chi connectivity index (χ2n) is 7.14. The van der Waals surface area contributed by atoms with E-state index in [2.05, 4.69) is 9.88 Å². The molecule has 1 saturated heterocycles. The van der Waals surface area contributed by atoms with Gasteiger partial charge in [-0.15, -0.1) is 0 Å². The number of aryl methyl sites for hydroxylation is 2. The van der Waals surface area contributed by atoms with Crippen LogP contribution >= 0.6 is 0 Å². The van der Waals surface area contributed by atoms with Gasteiger partial charge in [0, 0.05) is 12.0 Å². The van der Waals surface area contributed by atoms with E-state index in [9.17, 15) is 5.11 Å². The normalized spacial score (nSPS) is 34.5. The summed E-state index contributed by atoms with van der Waals surface area (Å²) in [6.07, 6.45) is 6.92. The number of aliphatic hydroxyl groups is 1. The molecule has 118 valence electrons. The maximum Gasteiger partial charge on any atom is 0.208 e. The molecule has 2 aliphatic rings. The Kier molecular flexibility index (Phi) is 4.10. The van der Waals surface area contributed by atoms with Crippen molar-refractivity contribution in [3.8, 4) is 0 Å². The number of likely N-dealkylation sites (tertiary alicyclic amines) is 1. The molecule has 0 amide bonds. The number of oxazole rings is 1. The quantitative estimate of drug-likeness (QED) is 0.929. The van der Waals surface area contributed by atoms with Crippen LogP contribution in [0.5, 0.6) is 0 Å². The van der Waals surface area contributed by atoms with Crippen molar-refractivity contribution in [3.63, 3.8) is 0 Å². The molecule has 1 aliphatic carbocycles. The number of hydrogen-bond acceptors (Lipinski definition) is 4. The molecule has 1 aliphatic heterocycles. The Hall–Kier alpha value is -0.870. The average Bonchev–Trinajstić information content (AvgIpc) is 2.97. The first-order chi connectivity index (χ1) is 9.97. The van der Waals surface area contributed by atoms with Crippen molar-refractivity contribution < 1.29 is 9.52 Å². The van der Waals surface area contributed by atoms with Gasteiger partial charge in [-0.2, -0.15) is 0 Å². The molecular formula is C17H28N2O2. The van der Waals surface area contributed by atoms with Gasteiger partial charge >= 0.3 is 0 Å². The lowest BCUT2D eigenvalue weighted by Crippen LogP contribution is -2.48. The molecule has 21 heavy (non-hydrogen) atoms. The number of hydrogen-bond donors (Lipinski definition) is 1. The SMILES string of the molecule is Cc1nc(CN2CCC[C@@H]2[C@@H]2CCCC[C@]2(C)O)oc1C. The molecule has 1 N–H and O–H groups in total. The molecule has 4 heteroatoms. The second-order valence-corrected chi connectivity index (χ2v) is 7.14. The standard InChI is InChI=1S/C17H28N2O2/c1-12-13(2)21-16(18-12)11-19-10-6-8-15(19)14-7-4-5-9-17(14,3)20/h14-15,20H,4-11H2,1-3H3/t14-,15+,17-/m0/s1. The van der Waals surface area contributed by atoms with E-state index in [0.717, 1.165) is 49.7 Å². The van der Waals surface area contributed by atoms with Crippen molar-refractivity contribution in [1.82, 2.24) is 9.88 Å². The van der Waals surface area contributed by atoms with E-state index in [4.69, 9.17) is 4.42 Å². The van der Waals surface area contributed by atoms with Gasteiger partial charge in [0.1, 0.15) is 5.76 Å². The largest absolute Gasteiger partial charge is 0.444 e. The first-order valence-corrected chi connectivity index (χ1v) is 8.37. The highest BCUT2D eigenvalue weighted by Crippen LogP contribution is 2.41. The van der Waals surface area contributed by atoms with E-state index in [1.54, 1.807) is 0 Å². The van der Waals surface area contributed by atoms with Crippen LogP contribution in [0.1, 0.15) is 62.8 Å². The monoisotopic (exact) mass is 292 g/mol. The van der Waals surface area contributed by atoms with Crippen LogP contribution in [-0.2, 0) is 6.54 Å². The molecule has 0 spiro atoms. The van der Waals surface area contributed by atoms with Gasteiger partial charge in [-0.25, -0.2) is 4.98 Å². The van der Waals surface area contributed by atoms with E-state index in [0.29, 0.717) is 12.0 Å². The lowest BCUT2D eigenvalue weighted by molar-refractivity contribution is -0.0636. The summed E-state index contributed by atoms with van der Waals surface area (Å²) in [5.41, 5.74) is 0.485. The Morgan fingerprint density at radius 1 is 1.29 bits per heavy atom. The summed E-state index contributed by atoms with van der Waals surface area (Å²) in [5.74, 6) is 2.14. The fourth-order valence-corrected chi connectivity index (χ4v) is 4.23. The number of rotatable bonds is 3. The maximum atomic E-state index is 10.8. The fraction of sp³-hybridized carbons (Fsp3) is 0.824. The average molecular weight is 292 g/mol. The summed E-state index contributed by atoms with van der Waals surface area (Å²) in [5, 5.41) is 10.8. The summed E-state index contributed by atoms with van der Waals surface area (Å²) in [6, 6.07) is 0.479. The van der Waals surface area contributed by atoms with E-state index in [1.165, 1.54) is 19.3 Å². The Balaban J connectivity index is 1.73. The smallest absolute Gasteiger partial charge is 0.208 e. The van der Waals surface area contributed by atoms with Crippen LogP contribution in [0.25, 0.3) is 0 Å². The highest BCUT2D eigenvalue weighted by atomic mass is 16.4. The van der Waals surface area contributed by atoms with Crippen LogP contribution in [0, 0.1) is 19.8 Å². The highest BCUT2D eigenvalue weighted by Gasteiger charge is 2.43. The van der Waals surface area contributed by atoms with Gasteiger partial charge in [-0.1, -0.05) is 12.8 Å². The van der Waals surface area contributed by atoms with E-state index >= 15 is 0 Å². The highest BCUT2D eigenvalue weighted by molar-refractivity contribution is 5.06. The van der Waals surface area contributed by atoms with Crippen LogP contribution in [-0.4, -0.2) is 33.2 Å².